The molecular weight excluding hydrogens is 320 g/mol. The summed E-state index contributed by atoms with van der Waals surface area (Å²) in [5.74, 6) is 1.49. The SMILES string of the molecule is COc1ccccc1Cc1nnc(CCC(=O)NCC(C)C)c(=O)[nH]1. The van der Waals surface area contributed by atoms with Crippen LogP contribution < -0.4 is 15.6 Å². The minimum Gasteiger partial charge on any atom is -0.496 e. The Labute approximate surface area is 146 Å². The lowest BCUT2D eigenvalue weighted by molar-refractivity contribution is -0.121. The minimum absolute atomic E-state index is 0.0898. The molecule has 0 unspecified atom stereocenters. The van der Waals surface area contributed by atoms with Gasteiger partial charge in [0.05, 0.1) is 7.11 Å². The summed E-state index contributed by atoms with van der Waals surface area (Å²) in [6.07, 6.45) is 0.902. The molecule has 0 aliphatic rings. The average molecular weight is 344 g/mol. The van der Waals surface area contributed by atoms with E-state index in [4.69, 9.17) is 4.74 Å². The highest BCUT2D eigenvalue weighted by molar-refractivity contribution is 5.76. The molecule has 0 fully saturated rings. The van der Waals surface area contributed by atoms with Crippen LogP contribution in [-0.4, -0.2) is 34.7 Å². The maximum Gasteiger partial charge on any atom is 0.272 e. The molecule has 134 valence electrons. The second-order valence-electron chi connectivity index (χ2n) is 6.23. The van der Waals surface area contributed by atoms with Crippen LogP contribution in [0.2, 0.25) is 0 Å². The van der Waals surface area contributed by atoms with Crippen LogP contribution in [0.3, 0.4) is 0 Å². The number of carbonyl (C=O) groups excluding carboxylic acids is 1. The van der Waals surface area contributed by atoms with Gasteiger partial charge in [0.25, 0.3) is 5.56 Å². The molecular formula is C18H24N4O3. The lowest BCUT2D eigenvalue weighted by Crippen LogP contribution is -2.28. The van der Waals surface area contributed by atoms with Gasteiger partial charge in [0, 0.05) is 31.4 Å². The first-order valence-electron chi connectivity index (χ1n) is 8.33. The lowest BCUT2D eigenvalue weighted by Gasteiger charge is -2.08. The molecule has 1 aromatic heterocycles. The van der Waals surface area contributed by atoms with E-state index in [-0.39, 0.29) is 30.0 Å². The molecule has 0 saturated heterocycles. The van der Waals surface area contributed by atoms with Crippen molar-refractivity contribution < 1.29 is 9.53 Å². The van der Waals surface area contributed by atoms with Crippen molar-refractivity contribution in [1.29, 1.82) is 0 Å². The van der Waals surface area contributed by atoms with Gasteiger partial charge in [-0.1, -0.05) is 32.0 Å². The van der Waals surface area contributed by atoms with E-state index in [0.717, 1.165) is 11.3 Å². The Morgan fingerprint density at radius 3 is 2.72 bits per heavy atom. The molecule has 2 rings (SSSR count). The summed E-state index contributed by atoms with van der Waals surface area (Å²) in [7, 11) is 1.60. The number of nitrogens with one attached hydrogen (secondary N) is 2. The molecule has 0 aliphatic carbocycles. The Balaban J connectivity index is 1.98. The highest BCUT2D eigenvalue weighted by Crippen LogP contribution is 2.18. The van der Waals surface area contributed by atoms with E-state index in [0.29, 0.717) is 24.7 Å². The first-order chi connectivity index (χ1) is 12.0. The number of carbonyl (C=O) groups is 1. The Hall–Kier alpha value is -2.70. The summed E-state index contributed by atoms with van der Waals surface area (Å²) in [5, 5.41) is 10.9. The Morgan fingerprint density at radius 1 is 1.28 bits per heavy atom. The molecule has 2 N–H and O–H groups in total. The number of hydrogen-bond acceptors (Lipinski definition) is 5. The van der Waals surface area contributed by atoms with Gasteiger partial charge < -0.3 is 15.0 Å². The first-order valence-corrected chi connectivity index (χ1v) is 8.33. The molecule has 25 heavy (non-hydrogen) atoms. The second-order valence-corrected chi connectivity index (χ2v) is 6.23. The van der Waals surface area contributed by atoms with E-state index in [1.54, 1.807) is 7.11 Å². The first kappa shape index (κ1) is 18.6. The zero-order valence-corrected chi connectivity index (χ0v) is 14.8. The van der Waals surface area contributed by atoms with Crippen molar-refractivity contribution in [2.45, 2.75) is 33.1 Å². The van der Waals surface area contributed by atoms with Crippen molar-refractivity contribution in [2.24, 2.45) is 5.92 Å². The van der Waals surface area contributed by atoms with Crippen molar-refractivity contribution in [3.05, 3.63) is 51.7 Å². The van der Waals surface area contributed by atoms with Crippen molar-refractivity contribution >= 4 is 5.91 Å². The van der Waals surface area contributed by atoms with Crippen LogP contribution in [0.5, 0.6) is 5.75 Å². The second kappa shape index (κ2) is 8.96. The number of nitrogens with zero attached hydrogens (tertiary/aromatic N) is 2. The summed E-state index contributed by atoms with van der Waals surface area (Å²) in [6.45, 7) is 4.67. The van der Waals surface area contributed by atoms with Crippen LogP contribution in [-0.2, 0) is 17.6 Å². The molecule has 7 nitrogen and oxygen atoms in total. The normalized spacial score (nSPS) is 10.7. The van der Waals surface area contributed by atoms with E-state index in [1.165, 1.54) is 0 Å². The number of benzene rings is 1. The van der Waals surface area contributed by atoms with Gasteiger partial charge in [-0.15, -0.1) is 10.2 Å². The van der Waals surface area contributed by atoms with E-state index in [2.05, 4.69) is 20.5 Å². The Bertz CT molecular complexity index is 771. The molecule has 0 radical (unpaired) electrons. The number of aromatic amines is 1. The fourth-order valence-electron chi connectivity index (χ4n) is 2.31. The summed E-state index contributed by atoms with van der Waals surface area (Å²) in [6, 6.07) is 7.54. The summed E-state index contributed by atoms with van der Waals surface area (Å²) < 4.78 is 5.29. The number of H-pyrrole nitrogens is 1. The minimum atomic E-state index is -0.309. The van der Waals surface area contributed by atoms with Crippen molar-refractivity contribution in [2.75, 3.05) is 13.7 Å². The van der Waals surface area contributed by atoms with Crippen LogP contribution in [0.4, 0.5) is 0 Å². The number of aromatic nitrogens is 3. The summed E-state index contributed by atoms with van der Waals surface area (Å²) in [4.78, 5) is 26.6. The van der Waals surface area contributed by atoms with Gasteiger partial charge in [0.1, 0.15) is 17.3 Å². The topological polar surface area (TPSA) is 97.0 Å². The molecule has 0 bridgehead atoms. The van der Waals surface area contributed by atoms with E-state index < -0.39 is 0 Å². The fourth-order valence-corrected chi connectivity index (χ4v) is 2.31. The van der Waals surface area contributed by atoms with E-state index in [9.17, 15) is 9.59 Å². The van der Waals surface area contributed by atoms with Crippen LogP contribution in [0.1, 0.15) is 37.4 Å². The quantitative estimate of drug-likeness (QED) is 0.756. The molecule has 1 heterocycles. The lowest BCUT2D eigenvalue weighted by atomic mass is 10.1. The van der Waals surface area contributed by atoms with E-state index >= 15 is 0 Å². The highest BCUT2D eigenvalue weighted by atomic mass is 16.5. The monoisotopic (exact) mass is 344 g/mol. The van der Waals surface area contributed by atoms with Crippen LogP contribution in [0, 0.1) is 5.92 Å². The van der Waals surface area contributed by atoms with E-state index in [1.807, 2.05) is 38.1 Å². The molecule has 7 heteroatoms. The maximum absolute atomic E-state index is 12.1. The fraction of sp³-hybridized carbons (Fsp3) is 0.444. The van der Waals surface area contributed by atoms with Crippen molar-refractivity contribution in [3.63, 3.8) is 0 Å². The number of hydrogen-bond donors (Lipinski definition) is 2. The molecule has 0 saturated carbocycles. The van der Waals surface area contributed by atoms with Gasteiger partial charge >= 0.3 is 0 Å². The van der Waals surface area contributed by atoms with Gasteiger partial charge in [-0.3, -0.25) is 9.59 Å². The third-order valence-corrected chi connectivity index (χ3v) is 3.66. The zero-order chi connectivity index (χ0) is 18.2. The van der Waals surface area contributed by atoms with Crippen LogP contribution >= 0.6 is 0 Å². The van der Waals surface area contributed by atoms with Gasteiger partial charge in [-0.2, -0.15) is 0 Å². The largest absolute Gasteiger partial charge is 0.496 e. The Morgan fingerprint density at radius 2 is 2.04 bits per heavy atom. The average Bonchev–Trinajstić information content (AvgIpc) is 2.59. The maximum atomic E-state index is 12.1. The number of amides is 1. The standard InChI is InChI=1S/C18H24N4O3/c1-12(2)11-19-17(23)9-8-14-18(24)20-16(22-21-14)10-13-6-4-5-7-15(13)25-3/h4-7,12H,8-11H2,1-3H3,(H,19,23)(H,20,22,24). The van der Waals surface area contributed by atoms with Gasteiger partial charge in [0.2, 0.25) is 5.91 Å². The summed E-state index contributed by atoms with van der Waals surface area (Å²) in [5.41, 5.74) is 0.871. The zero-order valence-electron chi connectivity index (χ0n) is 14.8. The predicted molar refractivity (Wildman–Crippen MR) is 94.6 cm³/mol. The molecule has 0 atom stereocenters. The molecule has 0 spiro atoms. The van der Waals surface area contributed by atoms with Crippen LogP contribution in [0.15, 0.2) is 29.1 Å². The highest BCUT2D eigenvalue weighted by Gasteiger charge is 2.10. The third-order valence-electron chi connectivity index (χ3n) is 3.66. The van der Waals surface area contributed by atoms with Crippen LogP contribution in [0.25, 0.3) is 0 Å². The van der Waals surface area contributed by atoms with Gasteiger partial charge in [-0.05, 0) is 12.0 Å². The van der Waals surface area contributed by atoms with Gasteiger partial charge in [0.15, 0.2) is 0 Å². The molecule has 1 aromatic carbocycles. The number of methoxy groups -OCH3 is 1. The molecule has 0 aliphatic heterocycles. The number of rotatable bonds is 8. The Kier molecular flexibility index (Phi) is 6.68. The van der Waals surface area contributed by atoms with Crippen molar-refractivity contribution in [1.82, 2.24) is 20.5 Å². The summed E-state index contributed by atoms with van der Waals surface area (Å²) >= 11 is 0. The molecule has 1 amide bonds. The van der Waals surface area contributed by atoms with Crippen molar-refractivity contribution in [3.8, 4) is 5.75 Å². The number of aryl methyl sites for hydroxylation is 1. The third kappa shape index (κ3) is 5.70. The predicted octanol–water partition coefficient (Wildman–Crippen LogP) is 1.47. The smallest absolute Gasteiger partial charge is 0.272 e. The number of para-hydroxylation sites is 1. The van der Waals surface area contributed by atoms with Gasteiger partial charge in [-0.25, -0.2) is 0 Å². The number of ether oxygens (including phenoxy) is 1. The molecule has 2 aromatic rings.